The van der Waals surface area contributed by atoms with E-state index >= 15 is 0 Å². The van der Waals surface area contributed by atoms with E-state index in [-0.39, 0.29) is 0 Å². The third-order valence-corrected chi connectivity index (χ3v) is 3.63. The van der Waals surface area contributed by atoms with Crippen LogP contribution in [0.4, 0.5) is 0 Å². The zero-order chi connectivity index (χ0) is 12.3. The minimum atomic E-state index is 0.798. The van der Waals surface area contributed by atoms with E-state index in [0.29, 0.717) is 0 Å². The zero-order valence-corrected chi connectivity index (χ0v) is 11.3. The van der Waals surface area contributed by atoms with Crippen LogP contribution >= 0.6 is 23.6 Å². The summed E-state index contributed by atoms with van der Waals surface area (Å²) in [7, 11) is 3.31. The first-order valence-electron chi connectivity index (χ1n) is 5.11. The van der Waals surface area contributed by atoms with Crippen molar-refractivity contribution in [3.8, 4) is 11.5 Å². The van der Waals surface area contributed by atoms with Gasteiger partial charge in [-0.15, -0.1) is 11.3 Å². The van der Waals surface area contributed by atoms with Gasteiger partial charge in [-0.25, -0.2) is 0 Å². The quantitative estimate of drug-likeness (QED) is 0.862. The summed E-state index contributed by atoms with van der Waals surface area (Å²) in [6.45, 7) is 0. The standard InChI is InChI=1S/C12H13NO2S2/c1-14-9-4-3-8(11(6-9)15-2)5-10-7-13-12(16)17-10/h3-4,6-7H,5H2,1-2H3,(H,13,16). The molecule has 2 rings (SSSR count). The van der Waals surface area contributed by atoms with Crippen LogP contribution in [0.15, 0.2) is 24.4 Å². The van der Waals surface area contributed by atoms with Gasteiger partial charge in [-0.3, -0.25) is 0 Å². The number of aromatic amines is 1. The minimum absolute atomic E-state index is 0.798. The van der Waals surface area contributed by atoms with Crippen LogP contribution in [-0.2, 0) is 6.42 Å². The number of nitrogens with one attached hydrogen (secondary N) is 1. The molecule has 3 nitrogen and oxygen atoms in total. The highest BCUT2D eigenvalue weighted by Gasteiger charge is 2.07. The number of hydrogen-bond acceptors (Lipinski definition) is 4. The molecule has 0 amide bonds. The van der Waals surface area contributed by atoms with Crippen molar-refractivity contribution in [1.82, 2.24) is 4.98 Å². The summed E-state index contributed by atoms with van der Waals surface area (Å²) in [5.41, 5.74) is 1.12. The number of H-pyrrole nitrogens is 1. The molecule has 0 radical (unpaired) electrons. The van der Waals surface area contributed by atoms with Crippen LogP contribution in [0.3, 0.4) is 0 Å². The fourth-order valence-corrected chi connectivity index (χ4v) is 2.67. The van der Waals surface area contributed by atoms with Crippen LogP contribution in [-0.4, -0.2) is 19.2 Å². The molecule has 1 aromatic carbocycles. The largest absolute Gasteiger partial charge is 0.497 e. The molecule has 1 N–H and O–H groups in total. The summed E-state index contributed by atoms with van der Waals surface area (Å²) in [4.78, 5) is 4.21. The van der Waals surface area contributed by atoms with E-state index in [9.17, 15) is 0 Å². The Morgan fingerprint density at radius 2 is 2.12 bits per heavy atom. The van der Waals surface area contributed by atoms with Crippen molar-refractivity contribution < 1.29 is 9.47 Å². The van der Waals surface area contributed by atoms with Gasteiger partial charge in [0.2, 0.25) is 0 Å². The number of rotatable bonds is 4. The molecule has 2 aromatic rings. The van der Waals surface area contributed by atoms with Gasteiger partial charge >= 0.3 is 0 Å². The second kappa shape index (κ2) is 5.33. The first-order chi connectivity index (χ1) is 8.22. The molecular weight excluding hydrogens is 254 g/mol. The maximum atomic E-state index is 5.36. The summed E-state index contributed by atoms with van der Waals surface area (Å²) in [6, 6.07) is 5.84. The average molecular weight is 267 g/mol. The molecule has 17 heavy (non-hydrogen) atoms. The normalized spacial score (nSPS) is 10.2. The Morgan fingerprint density at radius 3 is 2.71 bits per heavy atom. The molecule has 0 spiro atoms. The highest BCUT2D eigenvalue weighted by atomic mass is 32.1. The Labute approximate surface area is 109 Å². The average Bonchev–Trinajstić information content (AvgIpc) is 2.75. The van der Waals surface area contributed by atoms with Gasteiger partial charge in [0.25, 0.3) is 0 Å². The van der Waals surface area contributed by atoms with Crippen molar-refractivity contribution in [2.75, 3.05) is 14.2 Å². The second-order valence-electron chi connectivity index (χ2n) is 3.50. The third-order valence-electron chi connectivity index (χ3n) is 2.43. The number of hydrogen-bond donors (Lipinski definition) is 1. The van der Waals surface area contributed by atoms with Gasteiger partial charge in [-0.05, 0) is 23.8 Å². The fourth-order valence-electron chi connectivity index (χ4n) is 1.59. The number of thiazole rings is 1. The van der Waals surface area contributed by atoms with Crippen molar-refractivity contribution in [3.05, 3.63) is 38.8 Å². The maximum Gasteiger partial charge on any atom is 0.158 e. The molecule has 0 unspecified atom stereocenters. The molecule has 5 heteroatoms. The highest BCUT2D eigenvalue weighted by Crippen LogP contribution is 2.27. The van der Waals surface area contributed by atoms with Crippen molar-refractivity contribution in [2.45, 2.75) is 6.42 Å². The molecule has 0 atom stereocenters. The van der Waals surface area contributed by atoms with Crippen molar-refractivity contribution >= 4 is 23.6 Å². The predicted molar refractivity (Wildman–Crippen MR) is 71.9 cm³/mol. The maximum absolute atomic E-state index is 5.36. The lowest BCUT2D eigenvalue weighted by Gasteiger charge is -2.09. The van der Waals surface area contributed by atoms with E-state index in [2.05, 4.69) is 4.98 Å². The van der Waals surface area contributed by atoms with E-state index in [1.807, 2.05) is 24.4 Å². The highest BCUT2D eigenvalue weighted by molar-refractivity contribution is 7.73. The summed E-state index contributed by atoms with van der Waals surface area (Å²) in [5, 5.41) is 0. The molecule has 0 saturated heterocycles. The lowest BCUT2D eigenvalue weighted by molar-refractivity contribution is 0.391. The Balaban J connectivity index is 2.29. The lowest BCUT2D eigenvalue weighted by Crippen LogP contribution is -1.93. The minimum Gasteiger partial charge on any atom is -0.497 e. The van der Waals surface area contributed by atoms with E-state index in [0.717, 1.165) is 27.4 Å². The van der Waals surface area contributed by atoms with E-state index in [4.69, 9.17) is 21.7 Å². The van der Waals surface area contributed by atoms with E-state index in [1.54, 1.807) is 25.6 Å². The molecule has 0 saturated carbocycles. The van der Waals surface area contributed by atoms with Crippen molar-refractivity contribution in [3.63, 3.8) is 0 Å². The Hall–Kier alpha value is -1.33. The number of benzene rings is 1. The van der Waals surface area contributed by atoms with Crippen LogP contribution in [0.25, 0.3) is 0 Å². The number of ether oxygens (including phenoxy) is 2. The van der Waals surface area contributed by atoms with Gasteiger partial charge in [0.1, 0.15) is 11.5 Å². The SMILES string of the molecule is COc1ccc(Cc2c[nH]c(=S)s2)c(OC)c1. The molecule has 1 aromatic heterocycles. The van der Waals surface area contributed by atoms with Gasteiger partial charge in [0.05, 0.1) is 14.2 Å². The molecule has 0 fully saturated rings. The van der Waals surface area contributed by atoms with Crippen LogP contribution < -0.4 is 9.47 Å². The number of aromatic nitrogens is 1. The van der Waals surface area contributed by atoms with Crippen LogP contribution in [0, 0.1) is 3.95 Å². The molecule has 0 aliphatic rings. The summed E-state index contributed by atoms with van der Waals surface area (Å²) in [5.74, 6) is 1.64. The van der Waals surface area contributed by atoms with Gasteiger partial charge in [-0.2, -0.15) is 0 Å². The van der Waals surface area contributed by atoms with Gasteiger partial charge in [-0.1, -0.05) is 6.07 Å². The van der Waals surface area contributed by atoms with Gasteiger partial charge < -0.3 is 14.5 Å². The zero-order valence-electron chi connectivity index (χ0n) is 9.65. The summed E-state index contributed by atoms with van der Waals surface area (Å²) in [6.07, 6.45) is 2.75. The Morgan fingerprint density at radius 1 is 1.29 bits per heavy atom. The topological polar surface area (TPSA) is 34.2 Å². The molecule has 1 heterocycles. The van der Waals surface area contributed by atoms with Crippen LogP contribution in [0.1, 0.15) is 10.4 Å². The molecular formula is C12H13NO2S2. The number of methoxy groups -OCH3 is 2. The van der Waals surface area contributed by atoms with Gasteiger partial charge in [0.15, 0.2) is 3.95 Å². The summed E-state index contributed by atoms with van der Waals surface area (Å²) >= 11 is 6.65. The Bertz CT molecular complexity index is 560. The summed E-state index contributed by atoms with van der Waals surface area (Å²) < 4.78 is 11.3. The van der Waals surface area contributed by atoms with Crippen LogP contribution in [0.2, 0.25) is 0 Å². The first-order valence-corrected chi connectivity index (χ1v) is 6.33. The smallest absolute Gasteiger partial charge is 0.158 e. The molecule has 0 aliphatic carbocycles. The molecule has 90 valence electrons. The first kappa shape index (κ1) is 12.1. The van der Waals surface area contributed by atoms with Gasteiger partial charge in [0, 0.05) is 23.6 Å². The monoisotopic (exact) mass is 267 g/mol. The van der Waals surface area contributed by atoms with E-state index < -0.39 is 0 Å². The third kappa shape index (κ3) is 2.87. The fraction of sp³-hybridized carbons (Fsp3) is 0.250. The predicted octanol–water partition coefficient (Wildman–Crippen LogP) is 3.41. The molecule has 0 aliphatic heterocycles. The lowest BCUT2D eigenvalue weighted by atomic mass is 10.1. The van der Waals surface area contributed by atoms with Crippen molar-refractivity contribution in [2.24, 2.45) is 0 Å². The van der Waals surface area contributed by atoms with Crippen molar-refractivity contribution in [1.29, 1.82) is 0 Å². The Kier molecular flexibility index (Phi) is 3.81. The molecule has 0 bridgehead atoms. The van der Waals surface area contributed by atoms with Crippen LogP contribution in [0.5, 0.6) is 11.5 Å². The van der Waals surface area contributed by atoms with E-state index in [1.165, 1.54) is 4.88 Å². The second-order valence-corrected chi connectivity index (χ2v) is 5.30.